The van der Waals surface area contributed by atoms with E-state index in [0.29, 0.717) is 43.3 Å². The van der Waals surface area contributed by atoms with Crippen molar-refractivity contribution in [3.63, 3.8) is 0 Å². The maximum absolute atomic E-state index is 13.5. The summed E-state index contributed by atoms with van der Waals surface area (Å²) in [4.78, 5) is 27.0. The number of halogens is 2. The Morgan fingerprint density at radius 2 is 1.86 bits per heavy atom. The van der Waals surface area contributed by atoms with Crippen LogP contribution in [0, 0.1) is 18.3 Å². The summed E-state index contributed by atoms with van der Waals surface area (Å²) in [5, 5.41) is 22.3. The van der Waals surface area contributed by atoms with Gasteiger partial charge in [0.2, 0.25) is 5.91 Å². The number of nitrogens with zero attached hydrogens (tertiary/aromatic N) is 1. The molecular formula is C27H22Cl2N4O2S2. The molecule has 0 saturated heterocycles. The van der Waals surface area contributed by atoms with Crippen LogP contribution in [0.2, 0.25) is 10.0 Å². The maximum Gasteiger partial charge on any atom is 0.254 e. The standard InChI is InChI=1S/C27H22Cl2N4O2S2/c1-15-6-3-4-7-21(15)33-26(35)24-16(2)31-27(18(13-30)25(24)22-8-5-11-36-22)37-14-23(34)32-17-9-10-19(28)20(29)12-17/h3-12,25,31H,14H2,1-2H3,(H,32,34)(H,33,35)/t25-/m0/s1. The molecule has 3 N–H and O–H groups in total. The fraction of sp³-hybridized carbons (Fsp3) is 0.148. The number of aryl methyl sites for hydroxylation is 1. The quantitative estimate of drug-likeness (QED) is 0.283. The molecule has 3 aromatic rings. The molecule has 2 amide bonds. The predicted octanol–water partition coefficient (Wildman–Crippen LogP) is 7.07. The first-order valence-corrected chi connectivity index (χ1v) is 13.8. The van der Waals surface area contributed by atoms with Crippen LogP contribution in [0.3, 0.4) is 0 Å². The summed E-state index contributed by atoms with van der Waals surface area (Å²) in [7, 11) is 0. The summed E-state index contributed by atoms with van der Waals surface area (Å²) in [6.07, 6.45) is 0. The zero-order chi connectivity index (χ0) is 26.5. The number of hydrogen-bond donors (Lipinski definition) is 3. The van der Waals surface area contributed by atoms with E-state index in [1.165, 1.54) is 23.1 Å². The molecule has 188 valence electrons. The number of hydrogen-bond acceptors (Lipinski definition) is 6. The number of benzene rings is 2. The smallest absolute Gasteiger partial charge is 0.254 e. The zero-order valence-corrected chi connectivity index (χ0v) is 23.0. The number of anilines is 2. The van der Waals surface area contributed by atoms with Crippen molar-refractivity contribution in [2.75, 3.05) is 16.4 Å². The van der Waals surface area contributed by atoms with Crippen LogP contribution in [0.15, 0.2) is 81.8 Å². The average molecular weight is 570 g/mol. The number of amides is 2. The number of allylic oxidation sites excluding steroid dienone is 2. The lowest BCUT2D eigenvalue weighted by atomic mass is 9.86. The van der Waals surface area contributed by atoms with Crippen molar-refractivity contribution in [3.8, 4) is 6.07 Å². The van der Waals surface area contributed by atoms with Gasteiger partial charge in [-0.05, 0) is 55.1 Å². The van der Waals surface area contributed by atoms with Gasteiger partial charge in [-0.25, -0.2) is 0 Å². The molecule has 1 aromatic heterocycles. The Balaban J connectivity index is 1.58. The van der Waals surface area contributed by atoms with E-state index in [1.54, 1.807) is 25.1 Å². The predicted molar refractivity (Wildman–Crippen MR) is 153 cm³/mol. The van der Waals surface area contributed by atoms with E-state index in [-0.39, 0.29) is 17.6 Å². The van der Waals surface area contributed by atoms with Crippen LogP contribution in [0.4, 0.5) is 11.4 Å². The third-order valence-electron chi connectivity index (χ3n) is 5.66. The fourth-order valence-corrected chi connectivity index (χ4v) is 5.91. The Hall–Kier alpha value is -3.22. The van der Waals surface area contributed by atoms with Crippen LogP contribution >= 0.6 is 46.3 Å². The lowest BCUT2D eigenvalue weighted by Crippen LogP contribution is -2.31. The van der Waals surface area contributed by atoms with Crippen LogP contribution in [0.1, 0.15) is 23.3 Å². The van der Waals surface area contributed by atoms with Crippen molar-refractivity contribution in [1.29, 1.82) is 5.26 Å². The van der Waals surface area contributed by atoms with E-state index in [1.807, 2.05) is 48.7 Å². The molecule has 1 aliphatic heterocycles. The Labute approximate surface area is 233 Å². The molecular weight excluding hydrogens is 547 g/mol. The highest BCUT2D eigenvalue weighted by molar-refractivity contribution is 8.03. The second-order valence-electron chi connectivity index (χ2n) is 8.20. The van der Waals surface area contributed by atoms with Gasteiger partial charge in [0, 0.05) is 27.5 Å². The second kappa shape index (κ2) is 11.9. The van der Waals surface area contributed by atoms with Gasteiger partial charge in [-0.15, -0.1) is 11.3 Å². The summed E-state index contributed by atoms with van der Waals surface area (Å²) < 4.78 is 0. The molecule has 0 spiro atoms. The number of thioether (sulfide) groups is 1. The molecule has 0 unspecified atom stereocenters. The average Bonchev–Trinajstić information content (AvgIpc) is 3.40. The van der Waals surface area contributed by atoms with E-state index in [4.69, 9.17) is 23.2 Å². The van der Waals surface area contributed by atoms with Gasteiger partial charge in [-0.2, -0.15) is 5.26 Å². The highest BCUT2D eigenvalue weighted by atomic mass is 35.5. The minimum atomic E-state index is -0.559. The van der Waals surface area contributed by atoms with Gasteiger partial charge in [-0.3, -0.25) is 9.59 Å². The first-order chi connectivity index (χ1) is 17.8. The Morgan fingerprint density at radius 3 is 2.54 bits per heavy atom. The molecule has 6 nitrogen and oxygen atoms in total. The third kappa shape index (κ3) is 6.20. The molecule has 1 aliphatic rings. The van der Waals surface area contributed by atoms with Gasteiger partial charge >= 0.3 is 0 Å². The molecule has 0 saturated carbocycles. The van der Waals surface area contributed by atoms with Crippen molar-refractivity contribution in [2.24, 2.45) is 0 Å². The van der Waals surface area contributed by atoms with Gasteiger partial charge < -0.3 is 16.0 Å². The van der Waals surface area contributed by atoms with Crippen molar-refractivity contribution in [3.05, 3.63) is 102 Å². The molecule has 0 radical (unpaired) electrons. The highest BCUT2D eigenvalue weighted by Gasteiger charge is 2.35. The highest BCUT2D eigenvalue weighted by Crippen LogP contribution is 2.42. The van der Waals surface area contributed by atoms with E-state index >= 15 is 0 Å². The monoisotopic (exact) mass is 568 g/mol. The molecule has 0 bridgehead atoms. The third-order valence-corrected chi connectivity index (χ3v) is 8.36. The molecule has 2 heterocycles. The number of nitrogens with one attached hydrogen (secondary N) is 3. The largest absolute Gasteiger partial charge is 0.353 e. The second-order valence-corrected chi connectivity index (χ2v) is 11.0. The van der Waals surface area contributed by atoms with E-state index in [2.05, 4.69) is 22.0 Å². The van der Waals surface area contributed by atoms with Gasteiger partial charge in [0.1, 0.15) is 0 Å². The zero-order valence-electron chi connectivity index (χ0n) is 19.9. The Bertz CT molecular complexity index is 1460. The fourth-order valence-electron chi connectivity index (χ4n) is 3.88. The van der Waals surface area contributed by atoms with Gasteiger partial charge in [0.15, 0.2) is 0 Å². The molecule has 0 fully saturated rings. The first kappa shape index (κ1) is 26.8. The van der Waals surface area contributed by atoms with Crippen molar-refractivity contribution in [1.82, 2.24) is 5.32 Å². The van der Waals surface area contributed by atoms with Gasteiger partial charge in [0.25, 0.3) is 5.91 Å². The number of rotatable bonds is 7. The normalized spacial score (nSPS) is 15.2. The summed E-state index contributed by atoms with van der Waals surface area (Å²) in [6.45, 7) is 3.73. The first-order valence-electron chi connectivity index (χ1n) is 11.2. The van der Waals surface area contributed by atoms with Crippen molar-refractivity contribution >= 4 is 69.5 Å². The van der Waals surface area contributed by atoms with Crippen LogP contribution in [-0.2, 0) is 9.59 Å². The van der Waals surface area contributed by atoms with Crippen LogP contribution < -0.4 is 16.0 Å². The molecule has 1 atom stereocenters. The lowest BCUT2D eigenvalue weighted by Gasteiger charge is -2.29. The van der Waals surface area contributed by atoms with Crippen molar-refractivity contribution < 1.29 is 9.59 Å². The minimum absolute atomic E-state index is 0.0446. The van der Waals surface area contributed by atoms with Gasteiger partial charge in [0.05, 0.1) is 38.4 Å². The van der Waals surface area contributed by atoms with Gasteiger partial charge in [-0.1, -0.05) is 59.2 Å². The van der Waals surface area contributed by atoms with Crippen LogP contribution in [-0.4, -0.2) is 17.6 Å². The summed E-state index contributed by atoms with van der Waals surface area (Å²) in [5.74, 6) is -1.07. The summed E-state index contributed by atoms with van der Waals surface area (Å²) in [5.41, 5.74) is 3.64. The Morgan fingerprint density at radius 1 is 1.08 bits per heavy atom. The maximum atomic E-state index is 13.5. The number of carbonyl (C=O) groups excluding carboxylic acids is 2. The van der Waals surface area contributed by atoms with Crippen molar-refractivity contribution in [2.45, 2.75) is 19.8 Å². The van der Waals surface area contributed by atoms with E-state index in [0.717, 1.165) is 10.4 Å². The van der Waals surface area contributed by atoms with E-state index < -0.39 is 5.92 Å². The SMILES string of the molecule is CC1=C(C(=O)Nc2ccccc2C)[C@H](c2cccs2)C(C#N)=C(SCC(=O)Nc2ccc(Cl)c(Cl)c2)N1. The lowest BCUT2D eigenvalue weighted by molar-refractivity contribution is -0.114. The van der Waals surface area contributed by atoms with Crippen LogP contribution in [0.25, 0.3) is 0 Å². The molecule has 37 heavy (non-hydrogen) atoms. The van der Waals surface area contributed by atoms with Crippen LogP contribution in [0.5, 0.6) is 0 Å². The topological polar surface area (TPSA) is 94.0 Å². The number of para-hydroxylation sites is 1. The molecule has 10 heteroatoms. The van der Waals surface area contributed by atoms with E-state index in [9.17, 15) is 14.9 Å². The summed E-state index contributed by atoms with van der Waals surface area (Å²) >= 11 is 14.7. The Kier molecular flexibility index (Phi) is 8.62. The molecule has 2 aromatic carbocycles. The molecule has 0 aliphatic carbocycles. The summed E-state index contributed by atoms with van der Waals surface area (Å²) in [6, 6.07) is 18.5. The molecule has 4 rings (SSSR count). The number of thiophene rings is 1. The number of nitriles is 1. The minimum Gasteiger partial charge on any atom is -0.353 e. The number of dihydropyridines is 1. The number of carbonyl (C=O) groups is 2.